The van der Waals surface area contributed by atoms with Crippen LogP contribution >= 0.6 is 0 Å². The Morgan fingerprint density at radius 3 is 3.09 bits per heavy atom. The van der Waals surface area contributed by atoms with Crippen LogP contribution in [-0.2, 0) is 19.3 Å². The van der Waals surface area contributed by atoms with Crippen molar-refractivity contribution in [2.75, 3.05) is 0 Å². The molecule has 2 atom stereocenters. The maximum atomic E-state index is 13.2. The number of fused-ring (bicyclic) bond motifs is 2. The van der Waals surface area contributed by atoms with E-state index in [2.05, 4.69) is 20.6 Å². The molecule has 5 nitrogen and oxygen atoms in total. The molecule has 2 aliphatic rings. The van der Waals surface area contributed by atoms with Crippen LogP contribution in [0.3, 0.4) is 0 Å². The molecule has 2 amide bonds. The second-order valence-electron chi connectivity index (χ2n) is 6.32. The summed E-state index contributed by atoms with van der Waals surface area (Å²) in [6, 6.07) is 4.74. The van der Waals surface area contributed by atoms with Crippen molar-refractivity contribution in [2.24, 2.45) is 0 Å². The van der Waals surface area contributed by atoms with Crippen LogP contribution in [0, 0.1) is 5.82 Å². The molecule has 0 spiro atoms. The fourth-order valence-corrected chi connectivity index (χ4v) is 3.65. The van der Waals surface area contributed by atoms with Gasteiger partial charge in [-0.1, -0.05) is 6.07 Å². The van der Waals surface area contributed by atoms with Gasteiger partial charge in [-0.25, -0.2) is 14.2 Å². The third-order valence-electron chi connectivity index (χ3n) is 4.81. The van der Waals surface area contributed by atoms with Crippen molar-refractivity contribution in [2.45, 2.75) is 44.2 Å². The number of imidazole rings is 1. The van der Waals surface area contributed by atoms with Crippen molar-refractivity contribution in [1.82, 2.24) is 20.6 Å². The number of benzene rings is 1. The van der Waals surface area contributed by atoms with Gasteiger partial charge in [-0.15, -0.1) is 0 Å². The zero-order chi connectivity index (χ0) is 15.8. The fourth-order valence-electron chi connectivity index (χ4n) is 3.65. The number of amides is 2. The molecule has 1 heterocycles. The molecule has 1 aromatic carbocycles. The maximum absolute atomic E-state index is 13.2. The zero-order valence-corrected chi connectivity index (χ0v) is 12.7. The number of aryl methyl sites for hydroxylation is 2. The monoisotopic (exact) mass is 314 g/mol. The maximum Gasteiger partial charge on any atom is 0.315 e. The number of rotatable bonds is 2. The quantitative estimate of drug-likeness (QED) is 0.796. The van der Waals surface area contributed by atoms with Gasteiger partial charge in [0.2, 0.25) is 0 Å². The molecule has 2 aliphatic carbocycles. The fraction of sp³-hybridized carbons (Fsp3) is 0.412. The Bertz CT molecular complexity index is 742. The summed E-state index contributed by atoms with van der Waals surface area (Å²) in [5, 5.41) is 6.07. The Balaban J connectivity index is 1.37. The summed E-state index contributed by atoms with van der Waals surface area (Å²) < 4.78 is 13.2. The zero-order valence-electron chi connectivity index (χ0n) is 12.7. The molecule has 4 rings (SSSR count). The number of urea groups is 1. The summed E-state index contributed by atoms with van der Waals surface area (Å²) in [6.45, 7) is 0. The Morgan fingerprint density at radius 1 is 1.26 bits per heavy atom. The van der Waals surface area contributed by atoms with E-state index in [0.29, 0.717) is 0 Å². The van der Waals surface area contributed by atoms with Gasteiger partial charge in [-0.2, -0.15) is 0 Å². The minimum atomic E-state index is -0.216. The van der Waals surface area contributed by atoms with Gasteiger partial charge in [0, 0.05) is 18.2 Å². The molecule has 0 bridgehead atoms. The minimum Gasteiger partial charge on any atom is -0.348 e. The molecule has 23 heavy (non-hydrogen) atoms. The second kappa shape index (κ2) is 5.68. The molecule has 6 heteroatoms. The van der Waals surface area contributed by atoms with Crippen LogP contribution in [0.4, 0.5) is 9.18 Å². The molecule has 2 aromatic rings. The van der Waals surface area contributed by atoms with Gasteiger partial charge < -0.3 is 15.6 Å². The van der Waals surface area contributed by atoms with Gasteiger partial charge in [0.1, 0.15) is 5.82 Å². The first-order valence-electron chi connectivity index (χ1n) is 8.05. The number of H-pyrrole nitrogens is 1. The first-order valence-corrected chi connectivity index (χ1v) is 8.05. The highest BCUT2D eigenvalue weighted by Crippen LogP contribution is 2.31. The van der Waals surface area contributed by atoms with Crippen molar-refractivity contribution < 1.29 is 9.18 Å². The van der Waals surface area contributed by atoms with Gasteiger partial charge in [0.15, 0.2) is 0 Å². The lowest BCUT2D eigenvalue weighted by atomic mass is 9.96. The third-order valence-corrected chi connectivity index (χ3v) is 4.81. The molecule has 1 unspecified atom stereocenters. The van der Waals surface area contributed by atoms with Gasteiger partial charge in [-0.3, -0.25) is 0 Å². The van der Waals surface area contributed by atoms with E-state index in [4.69, 9.17) is 0 Å². The molecular weight excluding hydrogens is 295 g/mol. The Kier molecular flexibility index (Phi) is 3.52. The summed E-state index contributed by atoms with van der Waals surface area (Å²) in [6.07, 6.45) is 5.91. The predicted octanol–water partition coefficient (Wildman–Crippen LogP) is 2.39. The summed E-state index contributed by atoms with van der Waals surface area (Å²) in [4.78, 5) is 19.7. The van der Waals surface area contributed by atoms with E-state index in [1.165, 1.54) is 6.07 Å². The van der Waals surface area contributed by atoms with Crippen molar-refractivity contribution in [1.29, 1.82) is 0 Å². The summed E-state index contributed by atoms with van der Waals surface area (Å²) in [5.74, 6) is -0.216. The number of carbonyl (C=O) groups is 1. The number of carbonyl (C=O) groups excluding carboxylic acids is 1. The molecule has 3 N–H and O–H groups in total. The number of hydrogen-bond donors (Lipinski definition) is 3. The number of nitrogens with zero attached hydrogens (tertiary/aromatic N) is 1. The standard InChI is InChI=1S/C17H19FN4O/c18-11-2-4-13-10(7-11)1-5-14(13)22-17(23)21-12-3-6-15-16(8-12)20-9-19-15/h2,4,7,9,12,14H,1,3,5-6,8H2,(H,19,20)(H2,21,22,23)/t12?,14-/m1/s1. The molecule has 0 fully saturated rings. The van der Waals surface area contributed by atoms with E-state index in [9.17, 15) is 9.18 Å². The SMILES string of the molecule is O=C(NC1CCc2nc[nH]c2C1)N[C@@H]1CCc2cc(F)ccc21. The average molecular weight is 314 g/mol. The number of hydrogen-bond acceptors (Lipinski definition) is 2. The highest BCUT2D eigenvalue weighted by Gasteiger charge is 2.26. The number of nitrogens with one attached hydrogen (secondary N) is 3. The molecular formula is C17H19FN4O. The van der Waals surface area contributed by atoms with E-state index in [1.807, 2.05) is 0 Å². The lowest BCUT2D eigenvalue weighted by Gasteiger charge is -2.24. The van der Waals surface area contributed by atoms with Crippen molar-refractivity contribution in [3.05, 3.63) is 52.9 Å². The first-order chi connectivity index (χ1) is 11.2. The van der Waals surface area contributed by atoms with Crippen LogP contribution in [0.15, 0.2) is 24.5 Å². The minimum absolute atomic E-state index is 0.0306. The van der Waals surface area contributed by atoms with Crippen molar-refractivity contribution >= 4 is 6.03 Å². The van der Waals surface area contributed by atoms with E-state index in [-0.39, 0.29) is 23.9 Å². The van der Waals surface area contributed by atoms with Crippen LogP contribution in [0.1, 0.15) is 41.4 Å². The van der Waals surface area contributed by atoms with Crippen LogP contribution < -0.4 is 10.6 Å². The first kappa shape index (κ1) is 14.2. The number of aromatic amines is 1. The van der Waals surface area contributed by atoms with Crippen molar-refractivity contribution in [3.8, 4) is 0 Å². The number of halogens is 1. The van der Waals surface area contributed by atoms with E-state index in [1.54, 1.807) is 18.5 Å². The molecule has 0 aliphatic heterocycles. The van der Waals surface area contributed by atoms with Gasteiger partial charge in [0.05, 0.1) is 18.1 Å². The lowest BCUT2D eigenvalue weighted by molar-refractivity contribution is 0.231. The Morgan fingerprint density at radius 2 is 2.17 bits per heavy atom. The van der Waals surface area contributed by atoms with Crippen molar-refractivity contribution in [3.63, 3.8) is 0 Å². The third kappa shape index (κ3) is 2.81. The van der Waals surface area contributed by atoms with Crippen LogP contribution in [-0.4, -0.2) is 22.0 Å². The largest absolute Gasteiger partial charge is 0.348 e. The van der Waals surface area contributed by atoms with Gasteiger partial charge in [0.25, 0.3) is 0 Å². The molecule has 0 saturated heterocycles. The Hall–Kier alpha value is -2.37. The summed E-state index contributed by atoms with van der Waals surface area (Å²) in [7, 11) is 0. The summed E-state index contributed by atoms with van der Waals surface area (Å²) >= 11 is 0. The summed E-state index contributed by atoms with van der Waals surface area (Å²) in [5.41, 5.74) is 4.24. The van der Waals surface area contributed by atoms with E-state index in [0.717, 1.165) is 54.6 Å². The van der Waals surface area contributed by atoms with Crippen LogP contribution in [0.5, 0.6) is 0 Å². The lowest BCUT2D eigenvalue weighted by Crippen LogP contribution is -2.45. The van der Waals surface area contributed by atoms with Gasteiger partial charge in [-0.05, 0) is 48.9 Å². The van der Waals surface area contributed by atoms with E-state index < -0.39 is 0 Å². The Labute approximate surface area is 133 Å². The second-order valence-corrected chi connectivity index (χ2v) is 6.32. The highest BCUT2D eigenvalue weighted by molar-refractivity contribution is 5.75. The normalized spacial score (nSPS) is 22.3. The molecule has 120 valence electrons. The highest BCUT2D eigenvalue weighted by atomic mass is 19.1. The molecule has 0 saturated carbocycles. The van der Waals surface area contributed by atoms with Gasteiger partial charge >= 0.3 is 6.03 Å². The number of aromatic nitrogens is 2. The average Bonchev–Trinajstić information content (AvgIpc) is 3.13. The predicted molar refractivity (Wildman–Crippen MR) is 83.5 cm³/mol. The molecule has 1 aromatic heterocycles. The van der Waals surface area contributed by atoms with E-state index >= 15 is 0 Å². The van der Waals surface area contributed by atoms with Crippen LogP contribution in [0.2, 0.25) is 0 Å². The molecule has 0 radical (unpaired) electrons. The van der Waals surface area contributed by atoms with Crippen LogP contribution in [0.25, 0.3) is 0 Å². The smallest absolute Gasteiger partial charge is 0.315 e. The topological polar surface area (TPSA) is 69.8 Å².